The molecule has 0 aromatic heterocycles. The molecule has 0 aliphatic carbocycles. The van der Waals surface area contributed by atoms with E-state index in [4.69, 9.17) is 0 Å². The van der Waals surface area contributed by atoms with Gasteiger partial charge in [0.25, 0.3) is 0 Å². The topological polar surface area (TPSA) is 90.5 Å². The Bertz CT molecular complexity index is 716. The number of aliphatic carboxylic acids is 1. The number of ketones is 1. The molecule has 1 aromatic carbocycles. The highest BCUT2D eigenvalue weighted by Gasteiger charge is 2.44. The summed E-state index contributed by atoms with van der Waals surface area (Å²) in [7, 11) is 0. The monoisotopic (exact) mass is 405 g/mol. The summed E-state index contributed by atoms with van der Waals surface area (Å²) >= 11 is 1.46. The van der Waals surface area contributed by atoms with E-state index in [-0.39, 0.29) is 23.4 Å². The molecule has 2 atom stereocenters. The summed E-state index contributed by atoms with van der Waals surface area (Å²) in [6, 6.07) is 4.10. The van der Waals surface area contributed by atoms with Crippen molar-refractivity contribution in [3.63, 3.8) is 0 Å². The zero-order chi connectivity index (χ0) is 20.3. The van der Waals surface area contributed by atoms with Gasteiger partial charge in [-0.2, -0.15) is 0 Å². The third-order valence-electron chi connectivity index (χ3n) is 5.61. The number of hydrogen-bond acceptors (Lipinski definition) is 6. The van der Waals surface area contributed by atoms with Crippen molar-refractivity contribution in [1.29, 1.82) is 0 Å². The lowest BCUT2D eigenvalue weighted by Crippen LogP contribution is -2.47. The molecule has 1 aromatic rings. The second-order valence-corrected chi connectivity index (χ2v) is 9.43. The van der Waals surface area contributed by atoms with Crippen LogP contribution < -0.4 is 16.0 Å². The molecule has 3 rings (SSSR count). The second-order valence-electron chi connectivity index (χ2n) is 7.99. The maximum atomic E-state index is 13.0. The number of carboxylic acid groups (broad SMARTS) is 1. The quantitative estimate of drug-likeness (QED) is 0.524. The van der Waals surface area contributed by atoms with Crippen LogP contribution in [0.1, 0.15) is 50.2 Å². The van der Waals surface area contributed by atoms with Crippen molar-refractivity contribution in [1.82, 2.24) is 5.32 Å². The number of fused-ring (bicyclic) bond motifs is 1. The summed E-state index contributed by atoms with van der Waals surface area (Å²) in [6.45, 7) is 7.89. The molecule has 0 spiro atoms. The Hall–Kier alpha value is -1.73. The van der Waals surface area contributed by atoms with Gasteiger partial charge < -0.3 is 21.1 Å². The van der Waals surface area contributed by atoms with E-state index in [9.17, 15) is 14.7 Å². The summed E-state index contributed by atoms with van der Waals surface area (Å²) in [6.07, 6.45) is 3.27. The Morgan fingerprint density at radius 2 is 1.89 bits per heavy atom. The highest BCUT2D eigenvalue weighted by molar-refractivity contribution is 8.02. The number of aryl methyl sites for hydroxylation is 2. The highest BCUT2D eigenvalue weighted by Crippen LogP contribution is 2.46. The maximum absolute atomic E-state index is 13.0. The minimum absolute atomic E-state index is 0.111. The van der Waals surface area contributed by atoms with Crippen LogP contribution in [0.15, 0.2) is 12.1 Å². The van der Waals surface area contributed by atoms with E-state index in [1.807, 2.05) is 32.9 Å². The predicted molar refractivity (Wildman–Crippen MR) is 115 cm³/mol. The van der Waals surface area contributed by atoms with Gasteiger partial charge in [0.15, 0.2) is 4.99 Å². The molecular weight excluding hydrogens is 374 g/mol. The molecule has 7 heteroatoms. The normalized spacial score (nSPS) is 21.3. The Kier molecular flexibility index (Phi) is 6.55. The van der Waals surface area contributed by atoms with Gasteiger partial charge in [-0.25, -0.2) is 0 Å². The number of carbonyl (C=O) groups excluding carboxylic acids is 1. The molecule has 2 unspecified atom stereocenters. The molecule has 28 heavy (non-hydrogen) atoms. The van der Waals surface area contributed by atoms with E-state index < -0.39 is 11.0 Å². The first-order valence-corrected chi connectivity index (χ1v) is 11.0. The van der Waals surface area contributed by atoms with Crippen molar-refractivity contribution in [3.05, 3.63) is 23.3 Å². The first-order valence-electron chi connectivity index (χ1n) is 10.1. The SMILES string of the molecule is CCCC(=O)C(SC1(CC(=O)O)Nc2cc(C)c(C)cc2N1)C1CCCNC1. The van der Waals surface area contributed by atoms with Gasteiger partial charge in [0.1, 0.15) is 5.78 Å². The van der Waals surface area contributed by atoms with E-state index in [1.165, 1.54) is 11.8 Å². The summed E-state index contributed by atoms with van der Waals surface area (Å²) in [4.78, 5) is 23.8. The van der Waals surface area contributed by atoms with Crippen LogP contribution in [0.3, 0.4) is 0 Å². The van der Waals surface area contributed by atoms with Crippen molar-refractivity contribution in [3.8, 4) is 0 Å². The average Bonchev–Trinajstić information content (AvgIpc) is 2.97. The van der Waals surface area contributed by atoms with Gasteiger partial charge in [-0.15, -0.1) is 11.8 Å². The van der Waals surface area contributed by atoms with Crippen LogP contribution in [0.5, 0.6) is 0 Å². The molecule has 2 aliphatic heterocycles. The maximum Gasteiger partial charge on any atom is 0.308 e. The standard InChI is InChI=1S/C21H31N3O3S/c1-4-6-18(25)20(15-7-5-8-22-12-15)28-21(11-19(26)27)23-16-9-13(2)14(3)10-17(16)24-21/h9-10,15,20,22-24H,4-8,11-12H2,1-3H3,(H,26,27). The van der Waals surface area contributed by atoms with Crippen LogP contribution in [-0.2, 0) is 9.59 Å². The Balaban J connectivity index is 1.89. The lowest BCUT2D eigenvalue weighted by molar-refractivity contribution is -0.137. The first kappa shape index (κ1) is 21.0. The molecule has 0 amide bonds. The fourth-order valence-corrected chi connectivity index (χ4v) is 5.71. The molecule has 0 radical (unpaired) electrons. The minimum Gasteiger partial charge on any atom is -0.481 e. The fraction of sp³-hybridized carbons (Fsp3) is 0.619. The number of carbonyl (C=O) groups is 2. The number of nitrogens with one attached hydrogen (secondary N) is 3. The predicted octanol–water partition coefficient (Wildman–Crippen LogP) is 3.74. The molecule has 1 saturated heterocycles. The van der Waals surface area contributed by atoms with E-state index in [0.29, 0.717) is 6.42 Å². The van der Waals surface area contributed by atoms with Crippen molar-refractivity contribution in [2.75, 3.05) is 23.7 Å². The largest absolute Gasteiger partial charge is 0.481 e. The van der Waals surface area contributed by atoms with Gasteiger partial charge in [0, 0.05) is 6.42 Å². The molecular formula is C21H31N3O3S. The minimum atomic E-state index is -0.917. The summed E-state index contributed by atoms with van der Waals surface area (Å²) in [5.41, 5.74) is 4.11. The van der Waals surface area contributed by atoms with Crippen LogP contribution in [0.2, 0.25) is 0 Å². The molecule has 6 nitrogen and oxygen atoms in total. The van der Waals surface area contributed by atoms with Crippen LogP contribution in [-0.4, -0.2) is 40.2 Å². The second kappa shape index (κ2) is 8.74. The Labute approximate surface area is 171 Å². The number of Topliss-reactive ketones (excluding diaryl/α,β-unsaturated/α-hetero) is 1. The Morgan fingerprint density at radius 3 is 2.39 bits per heavy atom. The van der Waals surface area contributed by atoms with Crippen LogP contribution in [0.4, 0.5) is 11.4 Å². The van der Waals surface area contributed by atoms with E-state index in [1.54, 1.807) is 0 Å². The van der Waals surface area contributed by atoms with Gasteiger partial charge in [-0.05, 0) is 75.4 Å². The zero-order valence-corrected chi connectivity index (χ0v) is 17.7. The van der Waals surface area contributed by atoms with Crippen molar-refractivity contribution < 1.29 is 14.7 Å². The summed E-state index contributed by atoms with van der Waals surface area (Å²) < 4.78 is 0. The zero-order valence-electron chi connectivity index (χ0n) is 16.9. The average molecular weight is 406 g/mol. The number of rotatable bonds is 8. The first-order chi connectivity index (χ1) is 13.3. The molecule has 0 bridgehead atoms. The van der Waals surface area contributed by atoms with Gasteiger partial charge in [0.05, 0.1) is 23.0 Å². The molecule has 0 saturated carbocycles. The number of thioether (sulfide) groups is 1. The smallest absolute Gasteiger partial charge is 0.308 e. The number of piperidine rings is 1. The molecule has 2 aliphatic rings. The van der Waals surface area contributed by atoms with Gasteiger partial charge >= 0.3 is 5.97 Å². The lowest BCUT2D eigenvalue weighted by Gasteiger charge is -2.37. The van der Waals surface area contributed by atoms with E-state index in [0.717, 1.165) is 54.9 Å². The molecule has 4 N–H and O–H groups in total. The third kappa shape index (κ3) is 4.63. The van der Waals surface area contributed by atoms with Gasteiger partial charge in [0.2, 0.25) is 0 Å². The summed E-state index contributed by atoms with van der Waals surface area (Å²) in [5, 5.41) is 19.6. The lowest BCUT2D eigenvalue weighted by atomic mass is 9.92. The van der Waals surface area contributed by atoms with Crippen LogP contribution >= 0.6 is 11.8 Å². The van der Waals surface area contributed by atoms with E-state index >= 15 is 0 Å². The molecule has 2 heterocycles. The van der Waals surface area contributed by atoms with Crippen molar-refractivity contribution in [2.45, 2.75) is 63.1 Å². The highest BCUT2D eigenvalue weighted by atomic mass is 32.2. The van der Waals surface area contributed by atoms with Gasteiger partial charge in [-0.1, -0.05) is 6.92 Å². The summed E-state index contributed by atoms with van der Waals surface area (Å²) in [5.74, 6) is -0.450. The number of hydrogen-bond donors (Lipinski definition) is 4. The van der Waals surface area contributed by atoms with E-state index in [2.05, 4.69) is 16.0 Å². The van der Waals surface area contributed by atoms with Crippen LogP contribution in [0.25, 0.3) is 0 Å². The van der Waals surface area contributed by atoms with Crippen LogP contribution in [0, 0.1) is 19.8 Å². The van der Waals surface area contributed by atoms with Gasteiger partial charge in [-0.3, -0.25) is 9.59 Å². The number of anilines is 2. The third-order valence-corrected chi connectivity index (χ3v) is 7.26. The number of carboxylic acids is 1. The fourth-order valence-electron chi connectivity index (χ4n) is 4.06. The number of benzene rings is 1. The molecule has 154 valence electrons. The van der Waals surface area contributed by atoms with Crippen molar-refractivity contribution in [2.24, 2.45) is 5.92 Å². The van der Waals surface area contributed by atoms with Crippen molar-refractivity contribution >= 4 is 34.9 Å². The molecule has 1 fully saturated rings. The Morgan fingerprint density at radius 1 is 1.25 bits per heavy atom.